The highest BCUT2D eigenvalue weighted by molar-refractivity contribution is 6.30. The Hall–Kier alpha value is -2.08. The third-order valence-electron chi connectivity index (χ3n) is 2.39. The van der Waals surface area contributed by atoms with Crippen LogP contribution in [0, 0.1) is 0 Å². The van der Waals surface area contributed by atoms with E-state index in [0.717, 1.165) is 0 Å². The van der Waals surface area contributed by atoms with Crippen LogP contribution in [0.4, 0.5) is 0 Å². The van der Waals surface area contributed by atoms with Crippen molar-refractivity contribution in [1.82, 2.24) is 20.5 Å². The minimum atomic E-state index is -0.252. The van der Waals surface area contributed by atoms with Gasteiger partial charge in [-0.15, -0.1) is 0 Å². The number of carbonyl (C=O) groups is 1. The maximum atomic E-state index is 11.7. The Bertz CT molecular complexity index is 544. The fourth-order valence-electron chi connectivity index (χ4n) is 1.48. The van der Waals surface area contributed by atoms with Crippen molar-refractivity contribution in [3.05, 3.63) is 41.4 Å². The average molecular weight is 281 g/mol. The molecule has 0 radical (unpaired) electrons. The van der Waals surface area contributed by atoms with E-state index in [2.05, 4.69) is 20.5 Å². The van der Waals surface area contributed by atoms with Gasteiger partial charge in [0.05, 0.1) is 6.04 Å². The number of nitrogens with one attached hydrogen (secondary N) is 2. The molecule has 1 heterocycles. The number of H-pyrrole nitrogens is 1. The zero-order valence-corrected chi connectivity index (χ0v) is 11.0. The second kappa shape index (κ2) is 6.19. The smallest absolute Gasteiger partial charge is 0.258 e. The molecule has 0 saturated carbocycles. The van der Waals surface area contributed by atoms with Crippen LogP contribution in [0.25, 0.3) is 0 Å². The first-order chi connectivity index (χ1) is 9.15. The number of halogens is 1. The van der Waals surface area contributed by atoms with Gasteiger partial charge in [-0.3, -0.25) is 9.89 Å². The molecule has 0 aliphatic rings. The van der Waals surface area contributed by atoms with Crippen LogP contribution in [0.15, 0.2) is 30.6 Å². The second-order valence-electron chi connectivity index (χ2n) is 3.91. The van der Waals surface area contributed by atoms with Gasteiger partial charge < -0.3 is 10.1 Å². The molecule has 2 aromatic rings. The van der Waals surface area contributed by atoms with Gasteiger partial charge in [-0.1, -0.05) is 17.7 Å². The van der Waals surface area contributed by atoms with Crippen molar-refractivity contribution in [2.24, 2.45) is 0 Å². The average Bonchev–Trinajstić information content (AvgIpc) is 2.90. The summed E-state index contributed by atoms with van der Waals surface area (Å²) in [6, 6.07) is 6.62. The number of carbonyl (C=O) groups excluding carboxylic acids is 1. The molecule has 7 heteroatoms. The highest BCUT2D eigenvalue weighted by atomic mass is 35.5. The zero-order valence-electron chi connectivity index (χ0n) is 10.3. The lowest BCUT2D eigenvalue weighted by atomic mass is 10.3. The highest BCUT2D eigenvalue weighted by Gasteiger charge is 2.12. The molecular formula is C12H13ClN4O2. The first kappa shape index (κ1) is 13.4. The molecule has 0 saturated heterocycles. The van der Waals surface area contributed by atoms with Gasteiger partial charge in [0.1, 0.15) is 17.9 Å². The van der Waals surface area contributed by atoms with Gasteiger partial charge in [0.15, 0.2) is 6.61 Å². The van der Waals surface area contributed by atoms with E-state index in [1.54, 1.807) is 31.2 Å². The van der Waals surface area contributed by atoms with Gasteiger partial charge in [-0.05, 0) is 25.1 Å². The van der Waals surface area contributed by atoms with Crippen LogP contribution >= 0.6 is 11.6 Å². The van der Waals surface area contributed by atoms with Crippen LogP contribution in [0.1, 0.15) is 18.8 Å². The molecule has 1 unspecified atom stereocenters. The number of amides is 1. The largest absolute Gasteiger partial charge is 0.484 e. The van der Waals surface area contributed by atoms with E-state index in [9.17, 15) is 4.79 Å². The Morgan fingerprint density at radius 3 is 3.11 bits per heavy atom. The predicted molar refractivity (Wildman–Crippen MR) is 69.9 cm³/mol. The van der Waals surface area contributed by atoms with Crippen molar-refractivity contribution in [2.75, 3.05) is 6.61 Å². The minimum Gasteiger partial charge on any atom is -0.484 e. The maximum absolute atomic E-state index is 11.7. The Morgan fingerprint density at radius 1 is 1.58 bits per heavy atom. The van der Waals surface area contributed by atoms with Gasteiger partial charge in [-0.25, -0.2) is 4.98 Å². The molecule has 1 atom stereocenters. The summed E-state index contributed by atoms with van der Waals surface area (Å²) in [4.78, 5) is 15.6. The predicted octanol–water partition coefficient (Wildman–Crippen LogP) is 1.71. The van der Waals surface area contributed by atoms with Crippen molar-refractivity contribution in [3.63, 3.8) is 0 Å². The molecule has 1 aromatic carbocycles. The maximum Gasteiger partial charge on any atom is 0.258 e. The van der Waals surface area contributed by atoms with E-state index >= 15 is 0 Å². The second-order valence-corrected chi connectivity index (χ2v) is 4.34. The Morgan fingerprint density at radius 2 is 2.42 bits per heavy atom. The van der Waals surface area contributed by atoms with Gasteiger partial charge in [0, 0.05) is 5.02 Å². The quantitative estimate of drug-likeness (QED) is 0.874. The van der Waals surface area contributed by atoms with Crippen LogP contribution in [-0.4, -0.2) is 27.7 Å². The summed E-state index contributed by atoms with van der Waals surface area (Å²) in [7, 11) is 0. The number of ether oxygens (including phenoxy) is 1. The van der Waals surface area contributed by atoms with E-state index in [-0.39, 0.29) is 18.6 Å². The molecule has 0 aliphatic heterocycles. The van der Waals surface area contributed by atoms with Crippen molar-refractivity contribution < 1.29 is 9.53 Å². The van der Waals surface area contributed by atoms with Crippen LogP contribution in [0.2, 0.25) is 5.02 Å². The number of hydrogen-bond acceptors (Lipinski definition) is 4. The van der Waals surface area contributed by atoms with Crippen LogP contribution in [0.5, 0.6) is 5.75 Å². The first-order valence-corrected chi connectivity index (χ1v) is 6.06. The highest BCUT2D eigenvalue weighted by Crippen LogP contribution is 2.16. The Balaban J connectivity index is 1.82. The van der Waals surface area contributed by atoms with Crippen molar-refractivity contribution >= 4 is 17.5 Å². The molecule has 19 heavy (non-hydrogen) atoms. The fraction of sp³-hybridized carbons (Fsp3) is 0.250. The Labute approximate surface area is 115 Å². The summed E-state index contributed by atoms with van der Waals surface area (Å²) < 4.78 is 5.32. The Kier molecular flexibility index (Phi) is 4.35. The third-order valence-corrected chi connectivity index (χ3v) is 2.62. The summed E-state index contributed by atoms with van der Waals surface area (Å²) >= 11 is 5.81. The molecule has 6 nitrogen and oxygen atoms in total. The third kappa shape index (κ3) is 3.96. The SMILES string of the molecule is CC(NC(=O)COc1cccc(Cl)c1)c1ncn[nH]1. The lowest BCUT2D eigenvalue weighted by molar-refractivity contribution is -0.123. The molecule has 2 rings (SSSR count). The van der Waals surface area contributed by atoms with Crippen LogP contribution in [0.3, 0.4) is 0 Å². The van der Waals surface area contributed by atoms with Gasteiger partial charge >= 0.3 is 0 Å². The number of benzene rings is 1. The van der Waals surface area contributed by atoms with E-state index in [4.69, 9.17) is 16.3 Å². The molecule has 1 aromatic heterocycles. The number of aromatic amines is 1. The van der Waals surface area contributed by atoms with Crippen LogP contribution < -0.4 is 10.1 Å². The summed E-state index contributed by atoms with van der Waals surface area (Å²) in [5, 5.41) is 9.71. The van der Waals surface area contributed by atoms with E-state index in [1.807, 2.05) is 0 Å². The topological polar surface area (TPSA) is 79.9 Å². The van der Waals surface area contributed by atoms with Gasteiger partial charge in [0.25, 0.3) is 5.91 Å². The number of hydrogen-bond donors (Lipinski definition) is 2. The zero-order chi connectivity index (χ0) is 13.7. The summed E-state index contributed by atoms with van der Waals surface area (Å²) in [5.41, 5.74) is 0. The molecule has 0 spiro atoms. The van der Waals surface area contributed by atoms with E-state index in [0.29, 0.717) is 16.6 Å². The molecule has 100 valence electrons. The molecule has 2 N–H and O–H groups in total. The molecule has 1 amide bonds. The summed E-state index contributed by atoms with van der Waals surface area (Å²) in [6.45, 7) is 1.72. The van der Waals surface area contributed by atoms with E-state index in [1.165, 1.54) is 6.33 Å². The van der Waals surface area contributed by atoms with Crippen molar-refractivity contribution in [1.29, 1.82) is 0 Å². The molecule has 0 bridgehead atoms. The van der Waals surface area contributed by atoms with Crippen LogP contribution in [-0.2, 0) is 4.79 Å². The number of aromatic nitrogens is 3. The first-order valence-electron chi connectivity index (χ1n) is 5.68. The van der Waals surface area contributed by atoms with Gasteiger partial charge in [0.2, 0.25) is 0 Å². The lowest BCUT2D eigenvalue weighted by Gasteiger charge is -2.11. The number of nitrogens with zero attached hydrogens (tertiary/aromatic N) is 2. The van der Waals surface area contributed by atoms with E-state index < -0.39 is 0 Å². The summed E-state index contributed by atoms with van der Waals surface area (Å²) in [5.74, 6) is 0.898. The van der Waals surface area contributed by atoms with Gasteiger partial charge in [-0.2, -0.15) is 5.10 Å². The fourth-order valence-corrected chi connectivity index (χ4v) is 1.66. The monoisotopic (exact) mass is 280 g/mol. The number of rotatable bonds is 5. The van der Waals surface area contributed by atoms with Crippen molar-refractivity contribution in [3.8, 4) is 5.75 Å². The lowest BCUT2D eigenvalue weighted by Crippen LogP contribution is -2.31. The standard InChI is InChI=1S/C12H13ClN4O2/c1-8(12-14-7-15-17-12)16-11(18)6-19-10-4-2-3-9(13)5-10/h2-5,7-8H,6H2,1H3,(H,16,18)(H,14,15,17). The summed E-state index contributed by atoms with van der Waals surface area (Å²) in [6.07, 6.45) is 1.39. The normalized spacial score (nSPS) is 11.9. The molecular weight excluding hydrogens is 268 g/mol. The van der Waals surface area contributed by atoms with Crippen molar-refractivity contribution in [2.45, 2.75) is 13.0 Å². The molecule has 0 fully saturated rings. The minimum absolute atomic E-state index is 0.0845. The molecule has 0 aliphatic carbocycles.